The maximum Gasteiger partial charge on any atom is 0.257 e. The molecule has 2 N–H and O–H groups in total. The number of hydrogen-bond acceptors (Lipinski definition) is 4. The van der Waals surface area contributed by atoms with Gasteiger partial charge in [0.1, 0.15) is 5.82 Å². The van der Waals surface area contributed by atoms with E-state index in [4.69, 9.17) is 11.6 Å². The largest absolute Gasteiger partial charge is 0.340 e. The van der Waals surface area contributed by atoms with Gasteiger partial charge in [-0.05, 0) is 55.8 Å². The fourth-order valence-electron chi connectivity index (χ4n) is 2.50. The molecule has 1 amide bonds. The lowest BCUT2D eigenvalue weighted by Crippen LogP contribution is -2.12. The fourth-order valence-corrected chi connectivity index (χ4v) is 2.68. The first-order valence-corrected chi connectivity index (χ1v) is 8.72. The van der Waals surface area contributed by atoms with E-state index in [1.807, 2.05) is 25.1 Å². The number of ketones is 1. The predicted octanol–water partition coefficient (Wildman–Crippen LogP) is 5.24. The Morgan fingerprint density at radius 1 is 1.00 bits per heavy atom. The first kappa shape index (κ1) is 18.6. The molecule has 5 nitrogen and oxygen atoms in total. The number of nitrogens with zero attached hydrogens (tertiary/aromatic N) is 1. The molecule has 0 unspecified atom stereocenters. The highest BCUT2D eigenvalue weighted by Crippen LogP contribution is 2.25. The number of anilines is 3. The smallest absolute Gasteiger partial charge is 0.257 e. The normalized spacial score (nSPS) is 10.3. The van der Waals surface area contributed by atoms with E-state index in [0.717, 1.165) is 11.3 Å². The molecule has 0 aliphatic heterocycles. The van der Waals surface area contributed by atoms with Crippen molar-refractivity contribution in [3.63, 3.8) is 0 Å². The van der Waals surface area contributed by atoms with Gasteiger partial charge in [-0.2, -0.15) is 0 Å². The van der Waals surface area contributed by atoms with E-state index >= 15 is 0 Å². The van der Waals surface area contributed by atoms with Crippen LogP contribution in [0.2, 0.25) is 5.02 Å². The summed E-state index contributed by atoms with van der Waals surface area (Å²) in [6.07, 6.45) is 1.49. The van der Waals surface area contributed by atoms with Crippen molar-refractivity contribution in [2.75, 3.05) is 10.6 Å². The van der Waals surface area contributed by atoms with Gasteiger partial charge in [-0.15, -0.1) is 0 Å². The van der Waals surface area contributed by atoms with Crippen LogP contribution in [0.1, 0.15) is 33.2 Å². The molecule has 0 fully saturated rings. The molecule has 1 heterocycles. The van der Waals surface area contributed by atoms with Crippen LogP contribution in [0.25, 0.3) is 0 Å². The average molecular weight is 380 g/mol. The molecule has 0 aliphatic carbocycles. The Bertz CT molecular complexity index is 1000. The maximum absolute atomic E-state index is 12.4. The molecule has 0 bridgehead atoms. The van der Waals surface area contributed by atoms with Gasteiger partial charge >= 0.3 is 0 Å². The van der Waals surface area contributed by atoms with Crippen molar-refractivity contribution in [1.29, 1.82) is 0 Å². The van der Waals surface area contributed by atoms with Crippen molar-refractivity contribution in [3.05, 3.63) is 82.5 Å². The number of hydrogen-bond donors (Lipinski definition) is 2. The molecule has 0 saturated heterocycles. The Labute approximate surface area is 162 Å². The van der Waals surface area contributed by atoms with Crippen molar-refractivity contribution in [2.45, 2.75) is 13.8 Å². The zero-order valence-corrected chi connectivity index (χ0v) is 15.7. The number of carbonyl (C=O) groups is 2. The van der Waals surface area contributed by atoms with Crippen molar-refractivity contribution in [1.82, 2.24) is 4.98 Å². The van der Waals surface area contributed by atoms with Crippen LogP contribution in [0.3, 0.4) is 0 Å². The highest BCUT2D eigenvalue weighted by molar-refractivity contribution is 6.31. The number of rotatable bonds is 5. The molecule has 0 radical (unpaired) electrons. The molecule has 3 aromatic rings. The number of nitrogens with one attached hydrogen (secondary N) is 2. The minimum absolute atomic E-state index is 0.0560. The van der Waals surface area contributed by atoms with Crippen LogP contribution in [0.4, 0.5) is 17.2 Å². The van der Waals surface area contributed by atoms with Crippen LogP contribution >= 0.6 is 11.6 Å². The second-order valence-corrected chi connectivity index (χ2v) is 6.47. The van der Waals surface area contributed by atoms with E-state index in [2.05, 4.69) is 15.6 Å². The highest BCUT2D eigenvalue weighted by Gasteiger charge is 2.09. The van der Waals surface area contributed by atoms with Crippen molar-refractivity contribution >= 4 is 40.5 Å². The minimum atomic E-state index is -0.298. The molecule has 3 rings (SSSR count). The van der Waals surface area contributed by atoms with Gasteiger partial charge in [-0.25, -0.2) is 4.98 Å². The van der Waals surface area contributed by atoms with E-state index in [0.29, 0.717) is 27.7 Å². The Kier molecular flexibility index (Phi) is 5.52. The molecule has 0 atom stereocenters. The molecule has 136 valence electrons. The lowest BCUT2D eigenvalue weighted by Gasteiger charge is -2.10. The maximum atomic E-state index is 12.4. The number of benzene rings is 2. The average Bonchev–Trinajstić information content (AvgIpc) is 2.66. The highest BCUT2D eigenvalue weighted by atomic mass is 35.5. The first-order valence-electron chi connectivity index (χ1n) is 8.34. The van der Waals surface area contributed by atoms with Crippen LogP contribution in [-0.4, -0.2) is 16.7 Å². The van der Waals surface area contributed by atoms with Crippen molar-refractivity contribution in [3.8, 4) is 0 Å². The Morgan fingerprint density at radius 3 is 2.48 bits per heavy atom. The van der Waals surface area contributed by atoms with Gasteiger partial charge in [0.15, 0.2) is 5.78 Å². The zero-order chi connectivity index (χ0) is 19.4. The van der Waals surface area contributed by atoms with E-state index in [-0.39, 0.29) is 11.7 Å². The van der Waals surface area contributed by atoms with E-state index in [1.165, 1.54) is 13.1 Å². The Hall–Kier alpha value is -3.18. The van der Waals surface area contributed by atoms with Gasteiger partial charge in [0, 0.05) is 28.2 Å². The van der Waals surface area contributed by atoms with Crippen molar-refractivity contribution < 1.29 is 9.59 Å². The Balaban J connectivity index is 1.71. The molecule has 2 aromatic carbocycles. The number of carbonyl (C=O) groups excluding carboxylic acids is 2. The fraction of sp³-hybridized carbons (Fsp3) is 0.0952. The summed E-state index contributed by atoms with van der Waals surface area (Å²) >= 11 is 6.12. The van der Waals surface area contributed by atoms with Gasteiger partial charge in [-0.1, -0.05) is 29.8 Å². The summed E-state index contributed by atoms with van der Waals surface area (Å²) in [6, 6.07) is 15.8. The molecule has 0 saturated carbocycles. The van der Waals surface area contributed by atoms with E-state index < -0.39 is 0 Å². The molecule has 0 aliphatic rings. The first-order chi connectivity index (χ1) is 12.9. The lowest BCUT2D eigenvalue weighted by atomic mass is 10.1. The topological polar surface area (TPSA) is 71.1 Å². The number of Topliss-reactive ketones (excluding diaryl/α,β-unsaturated/α-hetero) is 1. The summed E-state index contributed by atoms with van der Waals surface area (Å²) in [5.41, 5.74) is 3.30. The predicted molar refractivity (Wildman–Crippen MR) is 108 cm³/mol. The Morgan fingerprint density at radius 2 is 1.78 bits per heavy atom. The van der Waals surface area contributed by atoms with Crippen LogP contribution in [0, 0.1) is 6.92 Å². The number of halogens is 1. The molecular weight excluding hydrogens is 362 g/mol. The molecule has 6 heteroatoms. The summed E-state index contributed by atoms with van der Waals surface area (Å²) < 4.78 is 0. The second-order valence-electron chi connectivity index (χ2n) is 6.06. The van der Waals surface area contributed by atoms with Crippen LogP contribution in [-0.2, 0) is 0 Å². The standard InChI is InChI=1S/C21H18ClN3O2/c1-13-18(22)7-4-8-19(13)25-20-10-9-16(12-23-20)21(27)24-17-6-3-5-15(11-17)14(2)26/h3-12H,1-2H3,(H,23,25)(H,24,27). The van der Waals surface area contributed by atoms with E-state index in [1.54, 1.807) is 36.4 Å². The number of amides is 1. The van der Waals surface area contributed by atoms with Crippen molar-refractivity contribution in [2.24, 2.45) is 0 Å². The number of aromatic nitrogens is 1. The quantitative estimate of drug-likeness (QED) is 0.594. The molecule has 27 heavy (non-hydrogen) atoms. The summed E-state index contributed by atoms with van der Waals surface area (Å²) in [5.74, 6) is 0.253. The summed E-state index contributed by atoms with van der Waals surface area (Å²) in [6.45, 7) is 3.40. The minimum Gasteiger partial charge on any atom is -0.340 e. The molecule has 1 aromatic heterocycles. The van der Waals surface area contributed by atoms with Gasteiger partial charge in [0.05, 0.1) is 5.56 Å². The molecular formula is C21H18ClN3O2. The van der Waals surface area contributed by atoms with Crippen LogP contribution < -0.4 is 10.6 Å². The van der Waals surface area contributed by atoms with Crippen LogP contribution in [0.15, 0.2) is 60.8 Å². The third-order valence-corrected chi connectivity index (χ3v) is 4.49. The zero-order valence-electron chi connectivity index (χ0n) is 14.9. The summed E-state index contributed by atoms with van der Waals surface area (Å²) in [4.78, 5) is 28.1. The van der Waals surface area contributed by atoms with E-state index in [9.17, 15) is 9.59 Å². The second kappa shape index (κ2) is 8.01. The van der Waals surface area contributed by atoms with Crippen LogP contribution in [0.5, 0.6) is 0 Å². The number of pyridine rings is 1. The SMILES string of the molecule is CC(=O)c1cccc(NC(=O)c2ccc(Nc3cccc(Cl)c3C)nc2)c1. The third-order valence-electron chi connectivity index (χ3n) is 4.08. The third kappa shape index (κ3) is 4.51. The molecule has 0 spiro atoms. The van der Waals surface area contributed by atoms with Gasteiger partial charge < -0.3 is 10.6 Å². The monoisotopic (exact) mass is 379 g/mol. The van der Waals surface area contributed by atoms with Gasteiger partial charge in [0.2, 0.25) is 0 Å². The summed E-state index contributed by atoms with van der Waals surface area (Å²) in [5, 5.41) is 6.62. The summed E-state index contributed by atoms with van der Waals surface area (Å²) in [7, 11) is 0. The lowest BCUT2D eigenvalue weighted by molar-refractivity contribution is 0.101. The van der Waals surface area contributed by atoms with Gasteiger partial charge in [0.25, 0.3) is 5.91 Å². The van der Waals surface area contributed by atoms with Gasteiger partial charge in [-0.3, -0.25) is 9.59 Å².